The Morgan fingerprint density at radius 3 is 1.10 bits per heavy atom. The lowest BCUT2D eigenvalue weighted by Crippen LogP contribution is -2.45. The monoisotopic (exact) mass is 1050 g/mol. The molecule has 0 bridgehead atoms. The molecule has 0 aromatic rings. The molecule has 0 rings (SSSR count). The van der Waals surface area contributed by atoms with Crippen molar-refractivity contribution < 1.29 is 32.9 Å². The van der Waals surface area contributed by atoms with Crippen LogP contribution in [0.2, 0.25) is 0 Å². The predicted molar refractivity (Wildman–Crippen MR) is 318 cm³/mol. The van der Waals surface area contributed by atoms with E-state index >= 15 is 0 Å². The maximum atomic E-state index is 13.0. The molecule has 0 aliphatic carbocycles. The number of quaternary nitrogens is 1. The van der Waals surface area contributed by atoms with E-state index in [-0.39, 0.29) is 19.1 Å². The first-order chi connectivity index (χ1) is 35.5. The second-order valence-corrected chi connectivity index (χ2v) is 24.2. The zero-order chi connectivity index (χ0) is 53.5. The molecule has 0 heterocycles. The Balaban J connectivity index is 4.22. The predicted octanol–water partition coefficient (Wildman–Crippen LogP) is 19.5. The van der Waals surface area contributed by atoms with Crippen molar-refractivity contribution >= 4 is 13.7 Å². The van der Waals surface area contributed by atoms with E-state index in [1.165, 1.54) is 238 Å². The van der Waals surface area contributed by atoms with Crippen molar-refractivity contribution in [3.8, 4) is 0 Å². The first-order valence-electron chi connectivity index (χ1n) is 31.5. The fourth-order valence-electron chi connectivity index (χ4n) is 9.31. The van der Waals surface area contributed by atoms with Crippen LogP contribution >= 0.6 is 7.82 Å². The molecule has 0 aromatic carbocycles. The van der Waals surface area contributed by atoms with Crippen molar-refractivity contribution in [2.45, 2.75) is 315 Å². The van der Waals surface area contributed by atoms with Crippen molar-refractivity contribution in [3.05, 3.63) is 48.6 Å². The van der Waals surface area contributed by atoms with Crippen LogP contribution in [0.4, 0.5) is 0 Å². The maximum Gasteiger partial charge on any atom is 0.472 e. The van der Waals surface area contributed by atoms with E-state index in [9.17, 15) is 19.4 Å². The van der Waals surface area contributed by atoms with Crippen LogP contribution in [-0.2, 0) is 18.4 Å². The van der Waals surface area contributed by atoms with Crippen LogP contribution in [0, 0.1) is 0 Å². The maximum absolute atomic E-state index is 13.0. The number of nitrogens with zero attached hydrogens (tertiary/aromatic N) is 1. The average Bonchev–Trinajstić information content (AvgIpc) is 3.35. The molecule has 8 nitrogen and oxygen atoms in total. The van der Waals surface area contributed by atoms with Gasteiger partial charge in [0.15, 0.2) is 0 Å². The molecule has 3 atom stereocenters. The number of aliphatic hydroxyl groups is 1. The minimum Gasteiger partial charge on any atom is -0.387 e. The van der Waals surface area contributed by atoms with Crippen LogP contribution in [0.5, 0.6) is 0 Å². The number of allylic oxidation sites excluding steroid dienone is 7. The first kappa shape index (κ1) is 71.5. The molecule has 9 heteroatoms. The average molecular weight is 1050 g/mol. The molecule has 0 fully saturated rings. The number of phosphoric ester groups is 1. The molecule has 0 spiro atoms. The number of carbonyl (C=O) groups excluding carboxylic acids is 1. The van der Waals surface area contributed by atoms with Crippen LogP contribution in [0.25, 0.3) is 0 Å². The molecule has 3 N–H and O–H groups in total. The van der Waals surface area contributed by atoms with Gasteiger partial charge in [0.1, 0.15) is 13.2 Å². The van der Waals surface area contributed by atoms with Gasteiger partial charge in [-0.15, -0.1) is 0 Å². The highest BCUT2D eigenvalue weighted by Gasteiger charge is 2.27. The van der Waals surface area contributed by atoms with Crippen LogP contribution in [0.3, 0.4) is 0 Å². The Kier molecular flexibility index (Phi) is 54.1. The Bertz CT molecular complexity index is 1330. The lowest BCUT2D eigenvalue weighted by molar-refractivity contribution is -0.870. The van der Waals surface area contributed by atoms with Gasteiger partial charge in [-0.25, -0.2) is 4.57 Å². The van der Waals surface area contributed by atoms with Gasteiger partial charge < -0.3 is 19.8 Å². The van der Waals surface area contributed by atoms with Gasteiger partial charge in [0.05, 0.1) is 39.9 Å². The van der Waals surface area contributed by atoms with Gasteiger partial charge in [-0.1, -0.05) is 274 Å². The molecule has 0 radical (unpaired) electrons. The van der Waals surface area contributed by atoms with E-state index in [0.717, 1.165) is 44.9 Å². The standard InChI is InChI=1S/C64H123N2O6P/c1-6-8-10-12-14-16-18-20-22-24-26-28-30-32-34-36-38-40-42-44-46-48-50-52-54-56-58-64(68)65-62(61-72-73(69,70)71-60-59-66(3,4)5)63(67)57-55-53-51-49-47-45-43-41-39-37-35-33-31-29-27-25-23-21-19-17-15-13-11-9-7-2/h32,34,39,41,47,49,55,57,62-63,67H,6-31,33,35-38,40,42-46,48,50-54,56,58-61H2,1-5H3,(H-,65,68,69,70)/p+1/b34-32-,41-39+,49-47+,57-55+. The van der Waals surface area contributed by atoms with E-state index in [0.29, 0.717) is 17.4 Å². The second kappa shape index (κ2) is 55.2. The lowest BCUT2D eigenvalue weighted by atomic mass is 10.0. The van der Waals surface area contributed by atoms with E-state index in [2.05, 4.69) is 55.6 Å². The molecule has 0 aliphatic rings. The molecule has 0 saturated carbocycles. The molecule has 3 unspecified atom stereocenters. The number of nitrogens with one attached hydrogen (secondary N) is 1. The number of amides is 1. The quantitative estimate of drug-likeness (QED) is 0.0243. The Morgan fingerprint density at radius 2 is 0.753 bits per heavy atom. The number of carbonyl (C=O) groups is 1. The summed E-state index contributed by atoms with van der Waals surface area (Å²) in [5.74, 6) is -0.189. The summed E-state index contributed by atoms with van der Waals surface area (Å²) in [6.45, 7) is 4.83. The normalized spacial score (nSPS) is 14.1. The zero-order valence-electron chi connectivity index (χ0n) is 49.1. The number of aliphatic hydroxyl groups excluding tert-OH is 1. The molecule has 0 aromatic heterocycles. The van der Waals surface area contributed by atoms with Crippen LogP contribution in [-0.4, -0.2) is 73.4 Å². The molecular weight excluding hydrogens is 924 g/mol. The third-order valence-electron chi connectivity index (χ3n) is 14.2. The molecular formula is C64H124N2O6P+. The fraction of sp³-hybridized carbons (Fsp3) is 0.859. The molecule has 430 valence electrons. The van der Waals surface area contributed by atoms with Crippen molar-refractivity contribution in [1.29, 1.82) is 0 Å². The van der Waals surface area contributed by atoms with E-state index < -0.39 is 20.0 Å². The third kappa shape index (κ3) is 58.0. The van der Waals surface area contributed by atoms with Crippen molar-refractivity contribution in [1.82, 2.24) is 5.32 Å². The van der Waals surface area contributed by atoms with Gasteiger partial charge in [0, 0.05) is 6.42 Å². The Labute approximate surface area is 454 Å². The summed E-state index contributed by atoms with van der Waals surface area (Å²) >= 11 is 0. The number of rotatable bonds is 58. The van der Waals surface area contributed by atoms with E-state index in [1.807, 2.05) is 27.2 Å². The summed E-state index contributed by atoms with van der Waals surface area (Å²) in [6.07, 6.45) is 73.8. The van der Waals surface area contributed by atoms with Gasteiger partial charge in [-0.2, -0.15) is 0 Å². The van der Waals surface area contributed by atoms with Crippen LogP contribution < -0.4 is 5.32 Å². The van der Waals surface area contributed by atoms with Crippen molar-refractivity contribution in [2.75, 3.05) is 40.9 Å². The summed E-state index contributed by atoms with van der Waals surface area (Å²) in [5.41, 5.74) is 0. The highest BCUT2D eigenvalue weighted by atomic mass is 31.2. The SMILES string of the molecule is CCCCCCCCCCCCCC/C=C\CCCCCCCCCCCCC(=O)NC(COP(=O)(O)OCC[N+](C)(C)C)C(O)/C=C/CC/C=C/CC/C=C/CCCCCCCCCCCCCCCCC. The van der Waals surface area contributed by atoms with Gasteiger partial charge in [0.25, 0.3) is 0 Å². The van der Waals surface area contributed by atoms with Crippen molar-refractivity contribution in [2.24, 2.45) is 0 Å². The first-order valence-corrected chi connectivity index (χ1v) is 33.0. The van der Waals surface area contributed by atoms with Crippen LogP contribution in [0.1, 0.15) is 303 Å². The second-order valence-electron chi connectivity index (χ2n) is 22.8. The fourth-order valence-corrected chi connectivity index (χ4v) is 10.0. The van der Waals surface area contributed by atoms with Gasteiger partial charge in [-0.05, 0) is 70.6 Å². The summed E-state index contributed by atoms with van der Waals surface area (Å²) in [5, 5.41) is 13.9. The Hall–Kier alpha value is -1.54. The van der Waals surface area contributed by atoms with Crippen molar-refractivity contribution in [3.63, 3.8) is 0 Å². The highest BCUT2D eigenvalue weighted by molar-refractivity contribution is 7.47. The topological polar surface area (TPSA) is 105 Å². The Morgan fingerprint density at radius 1 is 0.452 bits per heavy atom. The summed E-state index contributed by atoms with van der Waals surface area (Å²) < 4.78 is 23.7. The van der Waals surface area contributed by atoms with E-state index in [4.69, 9.17) is 9.05 Å². The molecule has 0 saturated heterocycles. The minimum atomic E-state index is -4.36. The molecule has 0 aliphatic heterocycles. The molecule has 73 heavy (non-hydrogen) atoms. The summed E-state index contributed by atoms with van der Waals surface area (Å²) in [4.78, 5) is 23.3. The highest BCUT2D eigenvalue weighted by Crippen LogP contribution is 2.43. The smallest absolute Gasteiger partial charge is 0.387 e. The largest absolute Gasteiger partial charge is 0.472 e. The van der Waals surface area contributed by atoms with Gasteiger partial charge in [-0.3, -0.25) is 13.8 Å². The summed E-state index contributed by atoms with van der Waals surface area (Å²) in [6, 6.07) is -0.872. The van der Waals surface area contributed by atoms with E-state index in [1.54, 1.807) is 6.08 Å². The number of hydrogen-bond acceptors (Lipinski definition) is 5. The number of phosphoric acid groups is 1. The van der Waals surface area contributed by atoms with Crippen LogP contribution in [0.15, 0.2) is 48.6 Å². The minimum absolute atomic E-state index is 0.0531. The number of unbranched alkanes of at least 4 members (excludes halogenated alkanes) is 39. The zero-order valence-corrected chi connectivity index (χ0v) is 50.0. The number of hydrogen-bond donors (Lipinski definition) is 3. The lowest BCUT2D eigenvalue weighted by Gasteiger charge is -2.25. The van der Waals surface area contributed by atoms with Gasteiger partial charge in [0.2, 0.25) is 5.91 Å². The third-order valence-corrected chi connectivity index (χ3v) is 15.2. The number of likely N-dealkylation sites (N-methyl/N-ethyl adjacent to an activating group) is 1. The summed E-state index contributed by atoms with van der Waals surface area (Å²) in [7, 11) is 1.55. The molecule has 1 amide bonds. The van der Waals surface area contributed by atoms with Gasteiger partial charge >= 0.3 is 7.82 Å².